The number of aromatic nitrogens is 1. The van der Waals surface area contributed by atoms with Crippen molar-refractivity contribution >= 4 is 5.82 Å². The van der Waals surface area contributed by atoms with Gasteiger partial charge in [-0.1, -0.05) is 24.3 Å². The van der Waals surface area contributed by atoms with Gasteiger partial charge in [0.1, 0.15) is 5.82 Å². The highest BCUT2D eigenvalue weighted by molar-refractivity contribution is 5.46. The van der Waals surface area contributed by atoms with Crippen LogP contribution >= 0.6 is 0 Å². The minimum absolute atomic E-state index is 0.0816. The normalized spacial score (nSPS) is 27.1. The molecule has 0 saturated carbocycles. The Labute approximate surface area is 167 Å². The monoisotopic (exact) mass is 378 g/mol. The topological polar surface area (TPSA) is 51.6 Å². The maximum Gasteiger partial charge on any atom is 0.128 e. The average Bonchev–Trinajstić information content (AvgIpc) is 2.97. The van der Waals surface area contributed by atoms with Crippen molar-refractivity contribution in [2.24, 2.45) is 0 Å². The van der Waals surface area contributed by atoms with Crippen molar-refractivity contribution in [2.75, 3.05) is 44.2 Å². The van der Waals surface area contributed by atoms with Crippen molar-refractivity contribution < 1.29 is 5.11 Å². The molecule has 1 aromatic heterocycles. The maximum atomic E-state index is 11.6. The van der Waals surface area contributed by atoms with Gasteiger partial charge in [0, 0.05) is 37.8 Å². The van der Waals surface area contributed by atoms with Crippen molar-refractivity contribution in [1.82, 2.24) is 15.2 Å². The van der Waals surface area contributed by atoms with Gasteiger partial charge in [-0.3, -0.25) is 4.90 Å². The molecule has 1 spiro atoms. The van der Waals surface area contributed by atoms with Crippen LogP contribution in [-0.4, -0.2) is 60.4 Å². The first-order chi connectivity index (χ1) is 13.7. The standard InChI is InChI=1S/C23H30N4O/c1-17-6-9-25-20(16-17)26-12-14-27(15-13-26)21-18-4-2-3-5-19(18)23(22(21)28)7-10-24-11-8-23/h2-6,9,16,21-22,24,28H,7-8,10-15H2,1H3/t21-,22+/m1/s1. The van der Waals surface area contributed by atoms with Gasteiger partial charge in [-0.05, 0) is 61.7 Å². The van der Waals surface area contributed by atoms with Gasteiger partial charge in [0.15, 0.2) is 0 Å². The van der Waals surface area contributed by atoms with Gasteiger partial charge in [-0.25, -0.2) is 4.98 Å². The lowest BCUT2D eigenvalue weighted by Gasteiger charge is -2.43. The third-order valence-electron chi connectivity index (χ3n) is 7.11. The molecule has 1 aliphatic carbocycles. The fourth-order valence-corrected chi connectivity index (χ4v) is 5.60. The Hall–Kier alpha value is -1.95. The Kier molecular flexibility index (Phi) is 4.62. The Morgan fingerprint density at radius 3 is 2.57 bits per heavy atom. The van der Waals surface area contributed by atoms with E-state index in [4.69, 9.17) is 0 Å². The van der Waals surface area contributed by atoms with E-state index in [1.165, 1.54) is 16.7 Å². The number of hydrogen-bond acceptors (Lipinski definition) is 5. The van der Waals surface area contributed by atoms with E-state index in [2.05, 4.69) is 57.4 Å². The van der Waals surface area contributed by atoms with Crippen LogP contribution in [0.3, 0.4) is 0 Å². The largest absolute Gasteiger partial charge is 0.390 e. The summed E-state index contributed by atoms with van der Waals surface area (Å²) in [4.78, 5) is 9.43. The molecule has 2 aromatic rings. The zero-order valence-corrected chi connectivity index (χ0v) is 16.6. The van der Waals surface area contributed by atoms with Gasteiger partial charge < -0.3 is 15.3 Å². The second-order valence-electron chi connectivity index (χ2n) is 8.60. The summed E-state index contributed by atoms with van der Waals surface area (Å²) >= 11 is 0. The predicted molar refractivity (Wildman–Crippen MR) is 112 cm³/mol. The SMILES string of the molecule is Cc1ccnc(N2CCN([C@@H]3c4ccccc4C4(CCNCC4)[C@H]3O)CC2)c1. The highest BCUT2D eigenvalue weighted by Gasteiger charge is 2.53. The van der Waals surface area contributed by atoms with Crippen LogP contribution in [-0.2, 0) is 5.41 Å². The highest BCUT2D eigenvalue weighted by Crippen LogP contribution is 2.52. The van der Waals surface area contributed by atoms with Crippen LogP contribution in [0.1, 0.15) is 35.6 Å². The number of fused-ring (bicyclic) bond motifs is 2. The zero-order valence-electron chi connectivity index (χ0n) is 16.6. The van der Waals surface area contributed by atoms with Crippen LogP contribution in [0.4, 0.5) is 5.82 Å². The highest BCUT2D eigenvalue weighted by atomic mass is 16.3. The first-order valence-corrected chi connectivity index (χ1v) is 10.6. The van der Waals surface area contributed by atoms with Crippen molar-refractivity contribution in [2.45, 2.75) is 37.3 Å². The summed E-state index contributed by atoms with van der Waals surface area (Å²) < 4.78 is 0. The van der Waals surface area contributed by atoms with Gasteiger partial charge >= 0.3 is 0 Å². The first-order valence-electron chi connectivity index (χ1n) is 10.6. The molecule has 0 amide bonds. The van der Waals surface area contributed by atoms with Crippen LogP contribution in [0.5, 0.6) is 0 Å². The molecule has 2 fully saturated rings. The molecular weight excluding hydrogens is 348 g/mol. The Balaban J connectivity index is 1.38. The third-order valence-corrected chi connectivity index (χ3v) is 7.11. The van der Waals surface area contributed by atoms with Crippen molar-refractivity contribution in [3.05, 3.63) is 59.3 Å². The maximum absolute atomic E-state index is 11.6. The number of anilines is 1. The van der Waals surface area contributed by atoms with E-state index < -0.39 is 0 Å². The molecule has 2 N–H and O–H groups in total. The number of aliphatic hydroxyl groups is 1. The summed E-state index contributed by atoms with van der Waals surface area (Å²) in [6, 6.07) is 13.1. The van der Waals surface area contributed by atoms with Crippen LogP contribution < -0.4 is 10.2 Å². The summed E-state index contributed by atoms with van der Waals surface area (Å²) in [5.41, 5.74) is 3.90. The minimum Gasteiger partial charge on any atom is -0.390 e. The van der Waals surface area contributed by atoms with E-state index in [0.717, 1.165) is 57.9 Å². The number of piperazine rings is 1. The predicted octanol–water partition coefficient (Wildman–Crippen LogP) is 2.25. The van der Waals surface area contributed by atoms with Gasteiger partial charge in [0.25, 0.3) is 0 Å². The number of benzene rings is 1. The van der Waals surface area contributed by atoms with Crippen molar-refractivity contribution in [1.29, 1.82) is 0 Å². The second-order valence-corrected chi connectivity index (χ2v) is 8.60. The molecule has 5 rings (SSSR count). The molecule has 5 heteroatoms. The molecule has 2 atom stereocenters. The first kappa shape index (κ1) is 18.1. The van der Waals surface area contributed by atoms with E-state index >= 15 is 0 Å². The molecular formula is C23H30N4O. The Morgan fingerprint density at radius 2 is 1.82 bits per heavy atom. The van der Waals surface area contributed by atoms with E-state index in [0.29, 0.717) is 0 Å². The molecule has 5 nitrogen and oxygen atoms in total. The lowest BCUT2D eigenvalue weighted by Crippen LogP contribution is -2.53. The van der Waals surface area contributed by atoms with Gasteiger partial charge in [0.2, 0.25) is 0 Å². The average molecular weight is 379 g/mol. The Bertz CT molecular complexity index is 840. The van der Waals surface area contributed by atoms with Gasteiger partial charge in [-0.15, -0.1) is 0 Å². The molecule has 2 aliphatic heterocycles. The molecule has 0 unspecified atom stereocenters. The van der Waals surface area contributed by atoms with E-state index in [1.807, 2.05) is 12.3 Å². The molecule has 1 aromatic carbocycles. The van der Waals surface area contributed by atoms with Crippen LogP contribution in [0.15, 0.2) is 42.6 Å². The summed E-state index contributed by atoms with van der Waals surface area (Å²) in [7, 11) is 0. The van der Waals surface area contributed by atoms with Gasteiger partial charge in [0.05, 0.1) is 12.1 Å². The van der Waals surface area contributed by atoms with Crippen LogP contribution in [0, 0.1) is 6.92 Å². The molecule has 148 valence electrons. The summed E-state index contributed by atoms with van der Waals surface area (Å²) in [6.45, 7) is 7.92. The fraction of sp³-hybridized carbons (Fsp3) is 0.522. The molecule has 0 bridgehead atoms. The minimum atomic E-state index is -0.323. The number of aryl methyl sites for hydroxylation is 1. The number of pyridine rings is 1. The van der Waals surface area contributed by atoms with Gasteiger partial charge in [-0.2, -0.15) is 0 Å². The fourth-order valence-electron chi connectivity index (χ4n) is 5.60. The van der Waals surface area contributed by atoms with Crippen LogP contribution in [0.2, 0.25) is 0 Å². The Morgan fingerprint density at radius 1 is 1.07 bits per heavy atom. The number of piperidine rings is 1. The number of nitrogens with zero attached hydrogens (tertiary/aromatic N) is 3. The molecule has 2 saturated heterocycles. The number of nitrogens with one attached hydrogen (secondary N) is 1. The van der Waals surface area contributed by atoms with E-state index in [9.17, 15) is 5.11 Å². The van der Waals surface area contributed by atoms with E-state index in [1.54, 1.807) is 0 Å². The smallest absolute Gasteiger partial charge is 0.128 e. The van der Waals surface area contributed by atoms with Crippen molar-refractivity contribution in [3.8, 4) is 0 Å². The number of hydrogen-bond donors (Lipinski definition) is 2. The van der Waals surface area contributed by atoms with Crippen LogP contribution in [0.25, 0.3) is 0 Å². The summed E-state index contributed by atoms with van der Waals surface area (Å²) in [5, 5.41) is 15.0. The molecule has 3 aliphatic rings. The zero-order chi connectivity index (χ0) is 19.1. The summed E-state index contributed by atoms with van der Waals surface area (Å²) in [6.07, 6.45) is 3.62. The number of rotatable bonds is 2. The molecule has 3 heterocycles. The summed E-state index contributed by atoms with van der Waals surface area (Å²) in [5.74, 6) is 1.07. The number of aliphatic hydroxyl groups excluding tert-OH is 1. The third kappa shape index (κ3) is 2.84. The lowest BCUT2D eigenvalue weighted by atomic mass is 9.72. The van der Waals surface area contributed by atoms with E-state index in [-0.39, 0.29) is 17.6 Å². The molecule has 0 radical (unpaired) electrons. The lowest BCUT2D eigenvalue weighted by molar-refractivity contribution is -0.00363. The quantitative estimate of drug-likeness (QED) is 0.840. The molecule has 28 heavy (non-hydrogen) atoms. The second kappa shape index (κ2) is 7.14. The van der Waals surface area contributed by atoms with Crippen molar-refractivity contribution in [3.63, 3.8) is 0 Å².